The summed E-state index contributed by atoms with van der Waals surface area (Å²) in [4.78, 5) is 0. The van der Waals surface area contributed by atoms with Gasteiger partial charge in [-0.3, -0.25) is 0 Å². The molecule has 0 atom stereocenters. The van der Waals surface area contributed by atoms with Crippen molar-refractivity contribution in [2.24, 2.45) is 5.73 Å². The zero-order valence-electron chi connectivity index (χ0n) is 9.06. The van der Waals surface area contributed by atoms with Crippen LogP contribution in [0.4, 0.5) is 0 Å². The Balaban J connectivity index is 2.02. The van der Waals surface area contributed by atoms with E-state index >= 15 is 0 Å². The highest BCUT2D eigenvalue weighted by atomic mass is 32.2. The van der Waals surface area contributed by atoms with Crippen LogP contribution < -0.4 is 5.73 Å². The lowest BCUT2D eigenvalue weighted by Gasteiger charge is -1.95. The maximum atomic E-state index is 5.37. The first kappa shape index (κ1) is 11.2. The number of hydrogen-bond donors (Lipinski definition) is 1. The van der Waals surface area contributed by atoms with E-state index in [0.717, 1.165) is 17.0 Å². The second-order valence-corrected chi connectivity index (χ2v) is 4.18. The first-order valence-electron chi connectivity index (χ1n) is 4.77. The Morgan fingerprint density at radius 1 is 1.31 bits per heavy atom. The zero-order valence-corrected chi connectivity index (χ0v) is 9.87. The van der Waals surface area contributed by atoms with Crippen molar-refractivity contribution >= 4 is 11.8 Å². The number of thioether (sulfide) groups is 1. The second kappa shape index (κ2) is 4.67. The molecule has 0 saturated carbocycles. The van der Waals surface area contributed by atoms with Gasteiger partial charge in [-0.25, -0.2) is 0 Å². The minimum atomic E-state index is 0.263. The summed E-state index contributed by atoms with van der Waals surface area (Å²) in [7, 11) is 0. The van der Waals surface area contributed by atoms with Crippen LogP contribution >= 0.6 is 11.8 Å². The van der Waals surface area contributed by atoms with Gasteiger partial charge < -0.3 is 14.7 Å². The van der Waals surface area contributed by atoms with Gasteiger partial charge in [0.1, 0.15) is 5.76 Å². The Bertz CT molecular complexity index is 460. The molecule has 0 fully saturated rings. The molecule has 6 nitrogen and oxygen atoms in total. The summed E-state index contributed by atoms with van der Waals surface area (Å²) >= 11 is 1.45. The average molecular weight is 240 g/mol. The highest BCUT2D eigenvalue weighted by molar-refractivity contribution is 7.98. The van der Waals surface area contributed by atoms with Gasteiger partial charge in [0.05, 0.1) is 12.2 Å². The van der Waals surface area contributed by atoms with Crippen LogP contribution in [0.15, 0.2) is 14.2 Å². The Hall–Kier alpha value is -1.34. The fourth-order valence-corrected chi connectivity index (χ4v) is 2.15. The molecule has 0 aliphatic carbocycles. The van der Waals surface area contributed by atoms with Gasteiger partial charge in [-0.15, -0.1) is 10.2 Å². The number of aromatic nitrogens is 3. The van der Waals surface area contributed by atoms with Gasteiger partial charge >= 0.3 is 0 Å². The van der Waals surface area contributed by atoms with E-state index in [1.165, 1.54) is 11.8 Å². The molecule has 0 bridgehead atoms. The van der Waals surface area contributed by atoms with Gasteiger partial charge in [0.25, 0.3) is 5.22 Å². The molecule has 2 rings (SSSR count). The summed E-state index contributed by atoms with van der Waals surface area (Å²) in [5.74, 6) is 1.97. The summed E-state index contributed by atoms with van der Waals surface area (Å²) in [5, 5.41) is 12.0. The highest BCUT2D eigenvalue weighted by Crippen LogP contribution is 2.24. The summed E-state index contributed by atoms with van der Waals surface area (Å²) in [5.41, 5.74) is 7.33. The Labute approximate surface area is 96.6 Å². The third-order valence-corrected chi connectivity index (χ3v) is 2.99. The van der Waals surface area contributed by atoms with Crippen molar-refractivity contribution in [2.45, 2.75) is 31.4 Å². The van der Waals surface area contributed by atoms with Crippen LogP contribution in [0, 0.1) is 13.8 Å². The molecule has 0 aliphatic rings. The Kier molecular flexibility index (Phi) is 3.25. The number of nitrogens with two attached hydrogens (primary N) is 1. The summed E-state index contributed by atoms with van der Waals surface area (Å²) < 4.78 is 10.3. The van der Waals surface area contributed by atoms with Gasteiger partial charge in [-0.05, 0) is 13.8 Å². The molecule has 16 heavy (non-hydrogen) atoms. The van der Waals surface area contributed by atoms with Crippen molar-refractivity contribution in [3.63, 3.8) is 0 Å². The lowest BCUT2D eigenvalue weighted by molar-refractivity contribution is 0.392. The van der Waals surface area contributed by atoms with Crippen LogP contribution in [0.1, 0.15) is 22.9 Å². The van der Waals surface area contributed by atoms with Crippen LogP contribution in [0.25, 0.3) is 0 Å². The predicted molar refractivity (Wildman–Crippen MR) is 57.7 cm³/mol. The molecule has 0 aliphatic heterocycles. The lowest BCUT2D eigenvalue weighted by Crippen LogP contribution is -1.95. The Morgan fingerprint density at radius 2 is 2.12 bits per heavy atom. The molecule has 0 spiro atoms. The van der Waals surface area contributed by atoms with Crippen molar-refractivity contribution in [3.8, 4) is 0 Å². The second-order valence-electron chi connectivity index (χ2n) is 3.26. The van der Waals surface area contributed by atoms with Crippen molar-refractivity contribution in [1.82, 2.24) is 15.4 Å². The smallest absolute Gasteiger partial charge is 0.276 e. The molecule has 86 valence electrons. The number of aryl methyl sites for hydroxylation is 2. The van der Waals surface area contributed by atoms with E-state index in [-0.39, 0.29) is 6.54 Å². The largest absolute Gasteiger partial charge is 0.415 e. The monoisotopic (exact) mass is 240 g/mol. The fourth-order valence-electron chi connectivity index (χ4n) is 1.22. The van der Waals surface area contributed by atoms with Gasteiger partial charge in [0.15, 0.2) is 0 Å². The normalized spacial score (nSPS) is 10.9. The fraction of sp³-hybridized carbons (Fsp3) is 0.444. The van der Waals surface area contributed by atoms with Crippen molar-refractivity contribution < 1.29 is 8.94 Å². The van der Waals surface area contributed by atoms with Gasteiger partial charge in [-0.1, -0.05) is 16.9 Å². The molecule has 0 radical (unpaired) electrons. The maximum Gasteiger partial charge on any atom is 0.276 e. The Morgan fingerprint density at radius 3 is 2.69 bits per heavy atom. The first-order valence-corrected chi connectivity index (χ1v) is 5.76. The van der Waals surface area contributed by atoms with E-state index in [9.17, 15) is 0 Å². The van der Waals surface area contributed by atoms with Crippen molar-refractivity contribution in [1.29, 1.82) is 0 Å². The van der Waals surface area contributed by atoms with E-state index in [1.54, 1.807) is 0 Å². The first-order chi connectivity index (χ1) is 7.70. The van der Waals surface area contributed by atoms with E-state index in [0.29, 0.717) is 16.9 Å². The van der Waals surface area contributed by atoms with Gasteiger partial charge in [-0.2, -0.15) is 0 Å². The minimum absolute atomic E-state index is 0.263. The standard InChI is InChI=1S/C9H12N4O2S/c1-5-7(6(2)15-13-5)4-16-9-12-11-8(3-10)14-9/h3-4,10H2,1-2H3. The molecule has 2 aromatic heterocycles. The van der Waals surface area contributed by atoms with Crippen LogP contribution in [0.3, 0.4) is 0 Å². The topological polar surface area (TPSA) is 91.0 Å². The number of hydrogen-bond acceptors (Lipinski definition) is 7. The molecule has 2 N–H and O–H groups in total. The molecule has 2 heterocycles. The summed E-state index contributed by atoms with van der Waals surface area (Å²) in [6.07, 6.45) is 0. The van der Waals surface area contributed by atoms with Crippen LogP contribution in [-0.2, 0) is 12.3 Å². The molecule has 0 amide bonds. The lowest BCUT2D eigenvalue weighted by atomic mass is 10.2. The molecular formula is C9H12N4O2S. The summed E-state index contributed by atoms with van der Waals surface area (Å²) in [6.45, 7) is 4.05. The SMILES string of the molecule is Cc1noc(C)c1CSc1nnc(CN)o1. The van der Waals surface area contributed by atoms with E-state index in [2.05, 4.69) is 15.4 Å². The molecule has 0 saturated heterocycles. The molecule has 0 aromatic carbocycles. The van der Waals surface area contributed by atoms with Crippen LogP contribution in [0.2, 0.25) is 0 Å². The summed E-state index contributed by atoms with van der Waals surface area (Å²) in [6, 6.07) is 0. The highest BCUT2D eigenvalue weighted by Gasteiger charge is 2.11. The van der Waals surface area contributed by atoms with Gasteiger partial charge in [0.2, 0.25) is 5.89 Å². The van der Waals surface area contributed by atoms with E-state index in [4.69, 9.17) is 14.7 Å². The van der Waals surface area contributed by atoms with Crippen molar-refractivity contribution in [3.05, 3.63) is 22.9 Å². The van der Waals surface area contributed by atoms with Gasteiger partial charge in [0, 0.05) is 11.3 Å². The van der Waals surface area contributed by atoms with Crippen LogP contribution in [-0.4, -0.2) is 15.4 Å². The molecule has 7 heteroatoms. The van der Waals surface area contributed by atoms with E-state index in [1.807, 2.05) is 13.8 Å². The van der Waals surface area contributed by atoms with Crippen LogP contribution in [0.5, 0.6) is 0 Å². The predicted octanol–water partition coefficient (Wildman–Crippen LogP) is 1.43. The molecule has 2 aromatic rings. The third kappa shape index (κ3) is 2.25. The maximum absolute atomic E-state index is 5.37. The quantitative estimate of drug-likeness (QED) is 0.808. The third-order valence-electron chi connectivity index (χ3n) is 2.14. The number of nitrogens with zero attached hydrogens (tertiary/aromatic N) is 3. The van der Waals surface area contributed by atoms with E-state index < -0.39 is 0 Å². The molecule has 0 unspecified atom stereocenters. The zero-order chi connectivity index (χ0) is 11.5. The number of rotatable bonds is 4. The average Bonchev–Trinajstić information content (AvgIpc) is 2.85. The minimum Gasteiger partial charge on any atom is -0.415 e. The molecular weight excluding hydrogens is 228 g/mol. The van der Waals surface area contributed by atoms with Crippen molar-refractivity contribution in [2.75, 3.05) is 0 Å².